The Morgan fingerprint density at radius 1 is 0.969 bits per heavy atom. The van der Waals surface area contributed by atoms with Crippen molar-refractivity contribution in [2.75, 3.05) is 4.90 Å². The first-order valence-electron chi connectivity index (χ1n) is 10.1. The molecule has 1 atom stereocenters. The van der Waals surface area contributed by atoms with Crippen LogP contribution in [-0.2, 0) is 11.3 Å². The zero-order chi connectivity index (χ0) is 22.5. The van der Waals surface area contributed by atoms with Crippen molar-refractivity contribution < 1.29 is 9.18 Å². The van der Waals surface area contributed by atoms with Crippen LogP contribution in [0.3, 0.4) is 0 Å². The highest BCUT2D eigenvalue weighted by atomic mass is 19.1. The largest absolute Gasteiger partial charge is 0.290 e. The Morgan fingerprint density at radius 3 is 2.38 bits per heavy atom. The van der Waals surface area contributed by atoms with Gasteiger partial charge in [0.2, 0.25) is 0 Å². The molecule has 0 N–H and O–H groups in total. The van der Waals surface area contributed by atoms with E-state index in [4.69, 9.17) is 0 Å². The van der Waals surface area contributed by atoms with Crippen molar-refractivity contribution >= 4 is 11.7 Å². The van der Waals surface area contributed by atoms with E-state index < -0.39 is 11.6 Å². The van der Waals surface area contributed by atoms with Gasteiger partial charge in [-0.15, -0.1) is 0 Å². The number of rotatable bonds is 6. The highest BCUT2D eigenvalue weighted by Crippen LogP contribution is 2.20. The minimum atomic E-state index is -0.881. The van der Waals surface area contributed by atoms with Gasteiger partial charge in [-0.25, -0.2) is 14.1 Å². The van der Waals surface area contributed by atoms with Crippen LogP contribution in [0.25, 0.3) is 11.3 Å². The van der Waals surface area contributed by atoms with Crippen LogP contribution >= 0.6 is 0 Å². The summed E-state index contributed by atoms with van der Waals surface area (Å²) in [6, 6.07) is 22.7. The number of hydrogen-bond acceptors (Lipinski definition) is 4. The zero-order valence-electron chi connectivity index (χ0n) is 17.4. The molecule has 160 valence electrons. The summed E-state index contributed by atoms with van der Waals surface area (Å²) < 4.78 is 14.4. The Balaban J connectivity index is 1.69. The fourth-order valence-corrected chi connectivity index (χ4v) is 3.36. The summed E-state index contributed by atoms with van der Waals surface area (Å²) in [5.74, 6) is -0.202. The summed E-state index contributed by atoms with van der Waals surface area (Å²) in [6.45, 7) is 1.93. The van der Waals surface area contributed by atoms with Crippen LogP contribution in [0.2, 0.25) is 0 Å². The maximum atomic E-state index is 13.5. The molecule has 1 amide bonds. The molecule has 0 spiro atoms. The maximum Gasteiger partial charge on any atom is 0.267 e. The summed E-state index contributed by atoms with van der Waals surface area (Å²) in [7, 11) is 0. The minimum Gasteiger partial charge on any atom is -0.290 e. The molecule has 32 heavy (non-hydrogen) atoms. The first-order valence-corrected chi connectivity index (χ1v) is 10.1. The monoisotopic (exact) mass is 428 g/mol. The summed E-state index contributed by atoms with van der Waals surface area (Å²) >= 11 is 0. The zero-order valence-corrected chi connectivity index (χ0v) is 17.4. The number of halogens is 1. The second kappa shape index (κ2) is 9.34. The van der Waals surface area contributed by atoms with Crippen LogP contribution in [0.4, 0.5) is 10.2 Å². The molecule has 0 aliphatic rings. The van der Waals surface area contributed by atoms with Crippen molar-refractivity contribution in [1.29, 1.82) is 0 Å². The smallest absolute Gasteiger partial charge is 0.267 e. The number of benzene rings is 2. The molecular weight excluding hydrogens is 407 g/mol. The normalized spacial score (nSPS) is 11.7. The molecule has 1 unspecified atom stereocenters. The van der Waals surface area contributed by atoms with E-state index in [1.54, 1.807) is 54.4 Å². The van der Waals surface area contributed by atoms with Gasteiger partial charge in [-0.3, -0.25) is 14.5 Å². The summed E-state index contributed by atoms with van der Waals surface area (Å²) in [5.41, 5.74) is 1.64. The summed E-state index contributed by atoms with van der Waals surface area (Å²) in [5, 5.41) is 4.39. The number of hydrogen-bond donors (Lipinski definition) is 0. The van der Waals surface area contributed by atoms with Gasteiger partial charge in [-0.1, -0.05) is 36.4 Å². The molecule has 7 heteroatoms. The quantitative estimate of drug-likeness (QED) is 0.461. The van der Waals surface area contributed by atoms with Gasteiger partial charge in [-0.05, 0) is 55.0 Å². The molecule has 6 nitrogen and oxygen atoms in total. The van der Waals surface area contributed by atoms with Gasteiger partial charge in [0.1, 0.15) is 17.7 Å². The van der Waals surface area contributed by atoms with Gasteiger partial charge < -0.3 is 0 Å². The van der Waals surface area contributed by atoms with Crippen LogP contribution < -0.4 is 10.5 Å². The SMILES string of the molecule is CC(C(=O)N(Cc1ccccc1)c1ccccn1)n1nc(-c2ccc(F)cc2)ccc1=O. The molecule has 4 aromatic rings. The highest BCUT2D eigenvalue weighted by Gasteiger charge is 2.26. The Bertz CT molecular complexity index is 1260. The van der Waals surface area contributed by atoms with Gasteiger partial charge in [0.15, 0.2) is 0 Å². The first-order chi connectivity index (χ1) is 15.5. The van der Waals surface area contributed by atoms with Gasteiger partial charge >= 0.3 is 0 Å². The molecule has 0 fully saturated rings. The number of carbonyl (C=O) groups excluding carboxylic acids is 1. The molecule has 0 bridgehead atoms. The molecule has 0 saturated carbocycles. The Hall–Kier alpha value is -4.13. The highest BCUT2D eigenvalue weighted by molar-refractivity contribution is 5.94. The van der Waals surface area contributed by atoms with E-state index in [9.17, 15) is 14.0 Å². The average molecular weight is 428 g/mol. The molecule has 2 aromatic heterocycles. The van der Waals surface area contributed by atoms with Crippen molar-refractivity contribution in [2.45, 2.75) is 19.5 Å². The van der Waals surface area contributed by atoms with Gasteiger partial charge in [-0.2, -0.15) is 5.10 Å². The lowest BCUT2D eigenvalue weighted by Gasteiger charge is -2.25. The molecule has 2 aromatic carbocycles. The molecule has 0 aliphatic carbocycles. The Kier molecular flexibility index (Phi) is 6.17. The van der Waals surface area contributed by atoms with Crippen LogP contribution in [0, 0.1) is 5.82 Å². The molecule has 0 aliphatic heterocycles. The van der Waals surface area contributed by atoms with Gasteiger partial charge in [0.05, 0.1) is 12.2 Å². The number of anilines is 1. The predicted molar refractivity (Wildman–Crippen MR) is 120 cm³/mol. The predicted octanol–water partition coefficient (Wildman–Crippen LogP) is 4.24. The Morgan fingerprint density at radius 2 is 1.69 bits per heavy atom. The van der Waals surface area contributed by atoms with E-state index in [0.717, 1.165) is 10.2 Å². The van der Waals surface area contributed by atoms with Crippen molar-refractivity contribution in [3.8, 4) is 11.3 Å². The van der Waals surface area contributed by atoms with Crippen LogP contribution in [0.5, 0.6) is 0 Å². The van der Waals surface area contributed by atoms with Crippen molar-refractivity contribution in [1.82, 2.24) is 14.8 Å². The molecular formula is C25H21FN4O2. The second-order valence-corrected chi connectivity index (χ2v) is 7.28. The lowest BCUT2D eigenvalue weighted by atomic mass is 10.1. The fraction of sp³-hybridized carbons (Fsp3) is 0.120. The third kappa shape index (κ3) is 4.62. The lowest BCUT2D eigenvalue weighted by Crippen LogP contribution is -2.40. The van der Waals surface area contributed by atoms with Gasteiger partial charge in [0.25, 0.3) is 11.5 Å². The molecule has 2 heterocycles. The summed E-state index contributed by atoms with van der Waals surface area (Å²) in [4.78, 5) is 32.0. The van der Waals surface area contributed by atoms with E-state index in [-0.39, 0.29) is 11.7 Å². The van der Waals surface area contributed by atoms with Gasteiger partial charge in [0, 0.05) is 17.8 Å². The number of nitrogens with zero attached hydrogens (tertiary/aromatic N) is 4. The summed E-state index contributed by atoms with van der Waals surface area (Å²) in [6.07, 6.45) is 1.62. The third-order valence-electron chi connectivity index (χ3n) is 5.06. The van der Waals surface area contributed by atoms with Crippen molar-refractivity contribution in [3.63, 3.8) is 0 Å². The van der Waals surface area contributed by atoms with Crippen LogP contribution in [0.15, 0.2) is 95.9 Å². The minimum absolute atomic E-state index is 0.299. The second-order valence-electron chi connectivity index (χ2n) is 7.28. The Labute approximate surface area is 184 Å². The van der Waals surface area contributed by atoms with Crippen LogP contribution in [0.1, 0.15) is 18.5 Å². The molecule has 0 saturated heterocycles. The average Bonchev–Trinajstić information content (AvgIpc) is 2.84. The number of carbonyl (C=O) groups is 1. The van der Waals surface area contributed by atoms with Crippen molar-refractivity contribution in [2.24, 2.45) is 0 Å². The number of pyridine rings is 1. The van der Waals surface area contributed by atoms with E-state index >= 15 is 0 Å². The fourth-order valence-electron chi connectivity index (χ4n) is 3.36. The maximum absolute atomic E-state index is 13.5. The standard InChI is InChI=1S/C25H21FN4O2/c1-18(30-24(31)15-14-22(28-30)20-10-12-21(26)13-11-20)25(32)29(23-9-5-6-16-27-23)17-19-7-3-2-4-8-19/h2-16,18H,17H2,1H3. The van der Waals surface area contributed by atoms with E-state index in [0.29, 0.717) is 23.6 Å². The lowest BCUT2D eigenvalue weighted by molar-refractivity contribution is -0.121. The number of aromatic nitrogens is 3. The number of amides is 1. The third-order valence-corrected chi connectivity index (χ3v) is 5.06. The topological polar surface area (TPSA) is 68.1 Å². The first kappa shape index (κ1) is 21.1. The molecule has 0 radical (unpaired) electrons. The molecule has 4 rings (SSSR count). The van der Waals surface area contributed by atoms with Crippen LogP contribution in [-0.4, -0.2) is 20.7 Å². The van der Waals surface area contributed by atoms with Crippen molar-refractivity contribution in [3.05, 3.63) is 113 Å². The van der Waals surface area contributed by atoms with E-state index in [2.05, 4.69) is 10.1 Å². The van der Waals surface area contributed by atoms with E-state index in [1.165, 1.54) is 18.2 Å². The van der Waals surface area contributed by atoms with E-state index in [1.807, 2.05) is 30.3 Å².